The van der Waals surface area contributed by atoms with E-state index in [4.69, 9.17) is 14.2 Å². The van der Waals surface area contributed by atoms with Crippen molar-refractivity contribution in [1.29, 1.82) is 0 Å². The molecule has 0 aliphatic rings. The van der Waals surface area contributed by atoms with Crippen molar-refractivity contribution >= 4 is 17.9 Å². The number of rotatable bonds is 47. The minimum Gasteiger partial charge on any atom is -0.462 e. The average molecular weight is 821 g/mol. The van der Waals surface area contributed by atoms with Crippen LogP contribution >= 0.6 is 0 Å². The summed E-state index contributed by atoms with van der Waals surface area (Å²) >= 11 is 0. The van der Waals surface area contributed by atoms with E-state index in [-0.39, 0.29) is 31.1 Å². The highest BCUT2D eigenvalue weighted by atomic mass is 16.6. The molecule has 58 heavy (non-hydrogen) atoms. The Morgan fingerprint density at radius 1 is 0.345 bits per heavy atom. The second kappa shape index (κ2) is 46.5. The van der Waals surface area contributed by atoms with Gasteiger partial charge in [0.15, 0.2) is 6.10 Å². The van der Waals surface area contributed by atoms with E-state index in [9.17, 15) is 14.4 Å². The summed E-state index contributed by atoms with van der Waals surface area (Å²) in [4.78, 5) is 37.8. The molecule has 6 nitrogen and oxygen atoms in total. The van der Waals surface area contributed by atoms with Crippen LogP contribution in [0.25, 0.3) is 0 Å². The van der Waals surface area contributed by atoms with Gasteiger partial charge in [-0.05, 0) is 25.2 Å². The van der Waals surface area contributed by atoms with Crippen LogP contribution in [0.5, 0.6) is 0 Å². The van der Waals surface area contributed by atoms with E-state index in [1.54, 1.807) is 0 Å². The van der Waals surface area contributed by atoms with Gasteiger partial charge in [-0.1, -0.05) is 252 Å². The zero-order chi connectivity index (χ0) is 42.4. The number of hydrogen-bond donors (Lipinski definition) is 0. The van der Waals surface area contributed by atoms with Crippen molar-refractivity contribution in [1.82, 2.24) is 0 Å². The largest absolute Gasteiger partial charge is 0.462 e. The minimum atomic E-state index is -0.759. The SMILES string of the molecule is CCCCCCCCCCCCCCCCCCCCCC(=O)O[C@H](COC(=O)CCCCCCCCC)COC(=O)CCCCCCCCCCCCC(C)CC. The third-order valence-electron chi connectivity index (χ3n) is 12.2. The third-order valence-corrected chi connectivity index (χ3v) is 12.2. The maximum absolute atomic E-state index is 12.8. The number of carbonyl (C=O) groups excluding carboxylic acids is 3. The second-order valence-corrected chi connectivity index (χ2v) is 18.1. The van der Waals surface area contributed by atoms with Gasteiger partial charge in [0, 0.05) is 19.3 Å². The van der Waals surface area contributed by atoms with Crippen LogP contribution in [0.4, 0.5) is 0 Å². The average Bonchev–Trinajstić information content (AvgIpc) is 3.22. The number of carbonyl (C=O) groups is 3. The molecule has 0 rings (SSSR count). The molecule has 0 saturated carbocycles. The Hall–Kier alpha value is -1.59. The van der Waals surface area contributed by atoms with Gasteiger partial charge in [0.05, 0.1) is 0 Å². The van der Waals surface area contributed by atoms with Crippen molar-refractivity contribution < 1.29 is 28.6 Å². The van der Waals surface area contributed by atoms with Crippen LogP contribution in [0.1, 0.15) is 291 Å². The first-order chi connectivity index (χ1) is 28.4. The normalized spacial score (nSPS) is 12.4. The molecule has 1 unspecified atom stereocenters. The molecule has 0 aromatic rings. The molecule has 0 aromatic heterocycles. The number of hydrogen-bond acceptors (Lipinski definition) is 6. The Kier molecular flexibility index (Phi) is 45.2. The summed E-state index contributed by atoms with van der Waals surface area (Å²) in [6.07, 6.45) is 48.1. The zero-order valence-corrected chi connectivity index (χ0v) is 39.5. The predicted octanol–water partition coefficient (Wildman–Crippen LogP) is 16.7. The van der Waals surface area contributed by atoms with Gasteiger partial charge in [0.1, 0.15) is 13.2 Å². The van der Waals surface area contributed by atoms with Gasteiger partial charge in [-0.3, -0.25) is 14.4 Å². The third kappa shape index (κ3) is 44.0. The van der Waals surface area contributed by atoms with Crippen LogP contribution in [0.15, 0.2) is 0 Å². The monoisotopic (exact) mass is 821 g/mol. The quantitative estimate of drug-likeness (QED) is 0.0346. The number of unbranched alkanes of at least 4 members (excludes halogenated alkanes) is 33. The lowest BCUT2D eigenvalue weighted by Crippen LogP contribution is -2.30. The molecule has 2 atom stereocenters. The van der Waals surface area contributed by atoms with Crippen molar-refractivity contribution in [2.75, 3.05) is 13.2 Å². The summed E-state index contributed by atoms with van der Waals surface area (Å²) in [6.45, 7) is 9.01. The Morgan fingerprint density at radius 3 is 0.897 bits per heavy atom. The highest BCUT2D eigenvalue weighted by Gasteiger charge is 2.19. The topological polar surface area (TPSA) is 78.9 Å². The van der Waals surface area contributed by atoms with Crippen LogP contribution in [-0.2, 0) is 28.6 Å². The van der Waals surface area contributed by atoms with Crippen LogP contribution in [0, 0.1) is 5.92 Å². The molecule has 344 valence electrons. The summed E-state index contributed by atoms with van der Waals surface area (Å²) in [6, 6.07) is 0. The lowest BCUT2D eigenvalue weighted by atomic mass is 9.99. The Balaban J connectivity index is 4.19. The fraction of sp³-hybridized carbons (Fsp3) is 0.942. The fourth-order valence-corrected chi connectivity index (χ4v) is 7.83. The van der Waals surface area contributed by atoms with Gasteiger partial charge in [0.25, 0.3) is 0 Å². The lowest BCUT2D eigenvalue weighted by Gasteiger charge is -2.18. The summed E-state index contributed by atoms with van der Waals surface area (Å²) in [5.74, 6) is 0.0172. The summed E-state index contributed by atoms with van der Waals surface area (Å²) < 4.78 is 16.7. The highest BCUT2D eigenvalue weighted by molar-refractivity contribution is 5.71. The first kappa shape index (κ1) is 56.4. The van der Waals surface area contributed by atoms with Gasteiger partial charge in [-0.25, -0.2) is 0 Å². The smallest absolute Gasteiger partial charge is 0.306 e. The Morgan fingerprint density at radius 2 is 0.603 bits per heavy atom. The highest BCUT2D eigenvalue weighted by Crippen LogP contribution is 2.18. The lowest BCUT2D eigenvalue weighted by molar-refractivity contribution is -0.167. The molecular formula is C52H100O6. The van der Waals surface area contributed by atoms with Crippen LogP contribution in [-0.4, -0.2) is 37.2 Å². The molecule has 0 radical (unpaired) electrons. The molecule has 0 aliphatic heterocycles. The van der Waals surface area contributed by atoms with E-state index in [0.29, 0.717) is 19.3 Å². The molecule has 0 saturated heterocycles. The standard InChI is InChI=1S/C52H100O6/c1-5-8-10-12-14-15-16-17-18-19-20-21-22-23-24-29-33-37-41-45-52(55)58-49(46-56-50(53)43-39-35-30-13-11-9-6-2)47-57-51(54)44-40-36-32-28-26-25-27-31-34-38-42-48(4)7-3/h48-49H,5-47H2,1-4H3/t48?,49-/m1/s1. The van der Waals surface area contributed by atoms with Crippen LogP contribution < -0.4 is 0 Å². The zero-order valence-electron chi connectivity index (χ0n) is 39.5. The number of esters is 3. The van der Waals surface area contributed by atoms with Gasteiger partial charge < -0.3 is 14.2 Å². The van der Waals surface area contributed by atoms with E-state index in [2.05, 4.69) is 27.7 Å². The molecule has 0 bridgehead atoms. The Bertz CT molecular complexity index is 874. The maximum Gasteiger partial charge on any atom is 0.306 e. The maximum atomic E-state index is 12.8. The van der Waals surface area contributed by atoms with E-state index in [1.807, 2.05) is 0 Å². The molecule has 0 aliphatic carbocycles. The second-order valence-electron chi connectivity index (χ2n) is 18.1. The van der Waals surface area contributed by atoms with Crippen molar-refractivity contribution in [3.63, 3.8) is 0 Å². The van der Waals surface area contributed by atoms with Gasteiger partial charge in [-0.2, -0.15) is 0 Å². The molecule has 0 amide bonds. The summed E-state index contributed by atoms with van der Waals surface area (Å²) in [5.41, 5.74) is 0. The minimum absolute atomic E-state index is 0.0637. The predicted molar refractivity (Wildman–Crippen MR) is 247 cm³/mol. The van der Waals surface area contributed by atoms with Crippen LogP contribution in [0.3, 0.4) is 0 Å². The van der Waals surface area contributed by atoms with E-state index >= 15 is 0 Å². The molecular weight excluding hydrogens is 721 g/mol. The Labute approximate surface area is 361 Å². The van der Waals surface area contributed by atoms with Gasteiger partial charge in [0.2, 0.25) is 0 Å². The first-order valence-corrected chi connectivity index (χ1v) is 25.9. The van der Waals surface area contributed by atoms with Gasteiger partial charge >= 0.3 is 17.9 Å². The van der Waals surface area contributed by atoms with Gasteiger partial charge in [-0.15, -0.1) is 0 Å². The van der Waals surface area contributed by atoms with E-state index in [1.165, 1.54) is 186 Å². The molecule has 0 N–H and O–H groups in total. The molecule has 0 fully saturated rings. The molecule has 0 aromatic carbocycles. The fourth-order valence-electron chi connectivity index (χ4n) is 7.83. The summed E-state index contributed by atoms with van der Waals surface area (Å²) in [7, 11) is 0. The van der Waals surface area contributed by atoms with Crippen molar-refractivity contribution in [3.05, 3.63) is 0 Å². The van der Waals surface area contributed by atoms with Crippen LogP contribution in [0.2, 0.25) is 0 Å². The van der Waals surface area contributed by atoms with Crippen molar-refractivity contribution in [2.45, 2.75) is 297 Å². The van der Waals surface area contributed by atoms with Crippen molar-refractivity contribution in [3.8, 4) is 0 Å². The summed E-state index contributed by atoms with van der Waals surface area (Å²) in [5, 5.41) is 0. The van der Waals surface area contributed by atoms with E-state index in [0.717, 1.165) is 63.7 Å². The molecule has 0 heterocycles. The van der Waals surface area contributed by atoms with E-state index < -0.39 is 6.10 Å². The first-order valence-electron chi connectivity index (χ1n) is 25.9. The molecule has 0 spiro atoms. The number of ether oxygens (including phenoxy) is 3. The molecule has 6 heteroatoms. The van der Waals surface area contributed by atoms with Crippen molar-refractivity contribution in [2.24, 2.45) is 5.92 Å².